The van der Waals surface area contributed by atoms with Gasteiger partial charge in [-0.05, 0) is 24.3 Å². The molecule has 0 bridgehead atoms. The van der Waals surface area contributed by atoms with Crippen molar-refractivity contribution >= 4 is 89.3 Å². The number of non-ortho nitro benzene ring substituents is 2. The minimum absolute atomic E-state index is 0.00105. The highest BCUT2D eigenvalue weighted by Gasteiger charge is 2.32. The van der Waals surface area contributed by atoms with E-state index in [0.717, 1.165) is 24.3 Å². The van der Waals surface area contributed by atoms with Gasteiger partial charge in [-0.25, -0.2) is 0 Å². The lowest BCUT2D eigenvalue weighted by atomic mass is 10.2. The molecule has 2 aliphatic heterocycles. The van der Waals surface area contributed by atoms with Crippen molar-refractivity contribution in [2.24, 2.45) is 8.80 Å². The molecule has 0 spiro atoms. The first kappa shape index (κ1) is 34.6. The Bertz CT molecular complexity index is 2320. The Kier molecular flexibility index (Phi) is 9.49. The number of phenolic OH excluding ortho intramolecular Hbond substituents is 1. The van der Waals surface area contributed by atoms with Crippen LogP contribution in [0.5, 0.6) is 11.5 Å². The van der Waals surface area contributed by atoms with Crippen LogP contribution in [-0.2, 0) is 20.0 Å². The molecule has 4 aromatic rings. The van der Waals surface area contributed by atoms with Gasteiger partial charge in [-0.15, -0.1) is 8.80 Å². The Balaban J connectivity index is 0.000000191. The fourth-order valence-corrected chi connectivity index (χ4v) is 6.89. The maximum Gasteiger partial charge on any atom is 0.288 e. The molecule has 0 saturated heterocycles. The topological polar surface area (TPSA) is 257 Å². The van der Waals surface area contributed by atoms with Gasteiger partial charge < -0.3 is 31.1 Å². The summed E-state index contributed by atoms with van der Waals surface area (Å²) in [6.07, 6.45) is 0. The van der Waals surface area contributed by atoms with E-state index in [-0.39, 0.29) is 33.9 Å². The Labute approximate surface area is 286 Å². The van der Waals surface area contributed by atoms with Crippen LogP contribution in [0.1, 0.15) is 0 Å². The Morgan fingerprint density at radius 3 is 1.61 bits per heavy atom. The number of benzene rings is 4. The zero-order valence-electron chi connectivity index (χ0n) is 24.4. The van der Waals surface area contributed by atoms with Crippen molar-refractivity contribution in [3.63, 3.8) is 0 Å². The van der Waals surface area contributed by atoms with E-state index in [0.29, 0.717) is 21.4 Å². The largest absolute Gasteiger partial charge is 0.505 e. The molecule has 0 radical (unpaired) electrons. The normalized spacial score (nSPS) is 14.8. The van der Waals surface area contributed by atoms with E-state index >= 15 is 0 Å². The lowest BCUT2D eigenvalue weighted by Gasteiger charge is -2.21. The molecule has 18 nitrogen and oxygen atoms in total. The number of methoxy groups -OCH3 is 1. The molecule has 6 rings (SSSR count). The number of halogens is 2. The van der Waals surface area contributed by atoms with Crippen molar-refractivity contribution in [1.29, 1.82) is 0 Å². The van der Waals surface area contributed by atoms with Gasteiger partial charge in [-0.2, -0.15) is 16.8 Å². The number of rotatable bonds is 5. The molecule has 4 aromatic carbocycles. The van der Waals surface area contributed by atoms with Crippen molar-refractivity contribution in [2.45, 2.75) is 9.79 Å². The van der Waals surface area contributed by atoms with Crippen molar-refractivity contribution in [3.05, 3.63) is 103 Å². The number of nitrogens with one attached hydrogen (secondary N) is 4. The molecule has 5 N–H and O–H groups in total. The van der Waals surface area contributed by atoms with Crippen molar-refractivity contribution in [1.82, 2.24) is 0 Å². The number of nitro benzene ring substituents is 2. The van der Waals surface area contributed by atoms with E-state index in [1.165, 1.54) is 7.11 Å². The third-order valence-corrected chi connectivity index (χ3v) is 9.74. The van der Waals surface area contributed by atoms with Crippen LogP contribution in [0.2, 0.25) is 10.0 Å². The molecule has 22 heteroatoms. The van der Waals surface area contributed by atoms with Gasteiger partial charge in [0.1, 0.15) is 26.9 Å². The average Bonchev–Trinajstić information content (AvgIpc) is 3.03. The summed E-state index contributed by atoms with van der Waals surface area (Å²) >= 11 is 12.0. The number of aromatic hydroxyl groups is 1. The standard InChI is InChI=1S/C14H11ClN4O5S.C13H9ClN4O5S/c1-24-11-6-8(19(20)21)7-12-13(11)17-14(18-25(12,22)23)16-10-5-3-2-4-9(10)15;14-8-3-1-2-4-9(8)15-13-16-12-10(19)5-7(18(20)21)6-11(12)24(22,23)17-13/h2-7H,1H3,(H2,16,17,18);1-6,19H,(H2,15,16,17). The van der Waals surface area contributed by atoms with Gasteiger partial charge in [0.15, 0.2) is 5.75 Å². The molecule has 0 aromatic heterocycles. The van der Waals surface area contributed by atoms with E-state index in [4.69, 9.17) is 27.9 Å². The Morgan fingerprint density at radius 1 is 0.735 bits per heavy atom. The van der Waals surface area contributed by atoms with Gasteiger partial charge >= 0.3 is 0 Å². The zero-order chi connectivity index (χ0) is 35.7. The smallest absolute Gasteiger partial charge is 0.288 e. The predicted octanol–water partition coefficient (Wildman–Crippen LogP) is 5.38. The molecule has 0 unspecified atom stereocenters. The number of guanidine groups is 2. The maximum atomic E-state index is 12.4. The molecule has 0 aliphatic carbocycles. The minimum Gasteiger partial charge on any atom is -0.505 e. The molecular formula is C27H20Cl2N8O10S2. The fourth-order valence-electron chi connectivity index (χ4n) is 4.30. The number of sulfonamides is 2. The van der Waals surface area contributed by atoms with Gasteiger partial charge in [0, 0.05) is 12.1 Å². The number of nitro groups is 2. The monoisotopic (exact) mass is 750 g/mol. The molecule has 254 valence electrons. The number of para-hydroxylation sites is 2. The number of phenols is 1. The number of nitrogens with zero attached hydrogens (tertiary/aromatic N) is 4. The molecule has 2 aliphatic rings. The summed E-state index contributed by atoms with van der Waals surface area (Å²) in [5.41, 5.74) is -0.295. The molecule has 0 amide bonds. The Morgan fingerprint density at radius 2 is 1.16 bits per heavy atom. The first-order valence-electron chi connectivity index (χ1n) is 13.2. The third-order valence-electron chi connectivity index (χ3n) is 6.48. The van der Waals surface area contributed by atoms with Crippen LogP contribution >= 0.6 is 23.2 Å². The Hall–Kier alpha value is -5.70. The second-order valence-corrected chi connectivity index (χ2v) is 13.6. The van der Waals surface area contributed by atoms with E-state index < -0.39 is 51.9 Å². The molecule has 0 atom stereocenters. The third kappa shape index (κ3) is 7.41. The van der Waals surface area contributed by atoms with Crippen molar-refractivity contribution in [3.8, 4) is 11.5 Å². The van der Waals surface area contributed by atoms with Crippen LogP contribution in [0, 0.1) is 20.2 Å². The van der Waals surface area contributed by atoms with Gasteiger partial charge in [-0.1, -0.05) is 47.5 Å². The van der Waals surface area contributed by atoms with Crippen LogP contribution in [0.3, 0.4) is 0 Å². The van der Waals surface area contributed by atoms with Crippen LogP contribution in [0.4, 0.5) is 34.1 Å². The van der Waals surface area contributed by atoms with Crippen LogP contribution in [0.25, 0.3) is 0 Å². The van der Waals surface area contributed by atoms with Gasteiger partial charge in [-0.3, -0.25) is 20.2 Å². The quantitative estimate of drug-likeness (QED) is 0.0976. The first-order chi connectivity index (χ1) is 23.1. The maximum absolute atomic E-state index is 12.4. The average molecular weight is 752 g/mol. The summed E-state index contributed by atoms with van der Waals surface area (Å²) in [5, 5.41) is 43.2. The minimum atomic E-state index is -4.25. The summed E-state index contributed by atoms with van der Waals surface area (Å²) < 4.78 is 61.5. The highest BCUT2D eigenvalue weighted by Crippen LogP contribution is 2.40. The summed E-state index contributed by atoms with van der Waals surface area (Å²) in [4.78, 5) is 19.4. The summed E-state index contributed by atoms with van der Waals surface area (Å²) in [6.45, 7) is 0. The van der Waals surface area contributed by atoms with E-state index in [2.05, 4.69) is 30.1 Å². The molecule has 0 saturated carbocycles. The predicted molar refractivity (Wildman–Crippen MR) is 181 cm³/mol. The van der Waals surface area contributed by atoms with Gasteiger partial charge in [0.25, 0.3) is 31.4 Å². The SMILES string of the molecule is COc1cc([N+](=O)[O-])cc2c1NC(Nc1ccccc1Cl)=NS2(=O)=O.O=[N+]([O-])c1cc(O)c2c(c1)S(=O)(=O)N=C(Nc1ccccc1Cl)N2. The van der Waals surface area contributed by atoms with Crippen molar-refractivity contribution in [2.75, 3.05) is 28.4 Å². The van der Waals surface area contributed by atoms with Crippen molar-refractivity contribution < 1.29 is 36.5 Å². The second-order valence-electron chi connectivity index (χ2n) is 9.66. The van der Waals surface area contributed by atoms with Crippen LogP contribution in [-0.4, -0.2) is 50.8 Å². The molecule has 2 heterocycles. The number of hydrogen-bond acceptors (Lipinski definition) is 14. The van der Waals surface area contributed by atoms with E-state index in [1.807, 2.05) is 0 Å². The number of ether oxygens (including phenoxy) is 1. The van der Waals surface area contributed by atoms with Gasteiger partial charge in [0.2, 0.25) is 11.9 Å². The number of hydrogen-bond donors (Lipinski definition) is 5. The summed E-state index contributed by atoms with van der Waals surface area (Å²) in [6, 6.07) is 17.0. The number of fused-ring (bicyclic) bond motifs is 2. The van der Waals surface area contributed by atoms with Crippen LogP contribution in [0.15, 0.2) is 91.4 Å². The lowest BCUT2D eigenvalue weighted by molar-refractivity contribution is -0.385. The van der Waals surface area contributed by atoms with E-state index in [1.54, 1.807) is 48.5 Å². The zero-order valence-corrected chi connectivity index (χ0v) is 27.6. The highest BCUT2D eigenvalue weighted by atomic mass is 35.5. The summed E-state index contributed by atoms with van der Waals surface area (Å²) in [7, 11) is -7.15. The van der Waals surface area contributed by atoms with Gasteiger partial charge in [0.05, 0.1) is 50.5 Å². The summed E-state index contributed by atoms with van der Waals surface area (Å²) in [5.74, 6) is -0.884. The molecule has 0 fully saturated rings. The lowest BCUT2D eigenvalue weighted by Crippen LogP contribution is -2.28. The highest BCUT2D eigenvalue weighted by molar-refractivity contribution is 7.91. The molecule has 49 heavy (non-hydrogen) atoms. The van der Waals surface area contributed by atoms with Crippen LogP contribution < -0.4 is 26.0 Å². The number of anilines is 4. The van der Waals surface area contributed by atoms with E-state index in [9.17, 15) is 42.2 Å². The first-order valence-corrected chi connectivity index (χ1v) is 16.9. The fraction of sp³-hybridized carbons (Fsp3) is 0.0370. The molecular weight excluding hydrogens is 731 g/mol. The second kappa shape index (κ2) is 13.4.